The Balaban J connectivity index is 1.92. The van der Waals surface area contributed by atoms with Crippen LogP contribution in [0.15, 0.2) is 35.8 Å². The van der Waals surface area contributed by atoms with Gasteiger partial charge in [0.15, 0.2) is 0 Å². The summed E-state index contributed by atoms with van der Waals surface area (Å²) >= 11 is 1.62. The van der Waals surface area contributed by atoms with Gasteiger partial charge in [0.25, 0.3) is 0 Å². The highest BCUT2D eigenvalue weighted by Crippen LogP contribution is 2.22. The van der Waals surface area contributed by atoms with E-state index in [2.05, 4.69) is 4.98 Å². The van der Waals surface area contributed by atoms with E-state index in [1.165, 1.54) is 0 Å². The highest BCUT2D eigenvalue weighted by molar-refractivity contribution is 7.09. The molecule has 3 nitrogen and oxygen atoms in total. The zero-order chi connectivity index (χ0) is 12.1. The molecule has 0 spiro atoms. The Morgan fingerprint density at radius 2 is 2.12 bits per heavy atom. The molecule has 17 heavy (non-hydrogen) atoms. The Labute approximate surface area is 105 Å². The monoisotopic (exact) mass is 249 g/mol. The number of aromatic nitrogens is 1. The molecule has 0 aliphatic rings. The molecular formula is C13H15NO2S. The molecule has 0 bridgehead atoms. The van der Waals surface area contributed by atoms with Crippen LogP contribution in [-0.2, 0) is 6.42 Å². The van der Waals surface area contributed by atoms with Crippen LogP contribution in [0.1, 0.15) is 23.1 Å². The van der Waals surface area contributed by atoms with Gasteiger partial charge in [0, 0.05) is 18.0 Å². The van der Waals surface area contributed by atoms with Gasteiger partial charge in [-0.15, -0.1) is 11.3 Å². The van der Waals surface area contributed by atoms with Crippen molar-refractivity contribution in [1.29, 1.82) is 0 Å². The summed E-state index contributed by atoms with van der Waals surface area (Å²) in [6.07, 6.45) is 2.86. The van der Waals surface area contributed by atoms with Crippen molar-refractivity contribution >= 4 is 11.3 Å². The van der Waals surface area contributed by atoms with E-state index in [1.54, 1.807) is 24.6 Å². The quantitative estimate of drug-likeness (QED) is 0.886. The molecular weight excluding hydrogens is 234 g/mol. The standard InChI is InChI=1S/C13H15NO2S/c1-16-11-4-2-10(3-5-11)12(15)6-7-13-14-8-9-17-13/h2-5,8-9,12,15H,6-7H2,1H3. The second-order valence-electron chi connectivity index (χ2n) is 3.75. The number of ether oxygens (including phenoxy) is 1. The fraction of sp³-hybridized carbons (Fsp3) is 0.308. The van der Waals surface area contributed by atoms with Crippen LogP contribution in [0.2, 0.25) is 0 Å². The first-order valence-corrected chi connectivity index (χ1v) is 6.38. The lowest BCUT2D eigenvalue weighted by Crippen LogP contribution is -1.99. The third kappa shape index (κ3) is 3.28. The lowest BCUT2D eigenvalue weighted by molar-refractivity contribution is 0.167. The van der Waals surface area contributed by atoms with Gasteiger partial charge < -0.3 is 9.84 Å². The molecule has 0 amide bonds. The van der Waals surface area contributed by atoms with Gasteiger partial charge in [-0.1, -0.05) is 12.1 Å². The molecule has 90 valence electrons. The van der Waals surface area contributed by atoms with E-state index < -0.39 is 6.10 Å². The zero-order valence-corrected chi connectivity index (χ0v) is 10.5. The molecule has 1 aromatic heterocycles. The molecule has 1 heterocycles. The average molecular weight is 249 g/mol. The minimum Gasteiger partial charge on any atom is -0.497 e. The molecule has 1 aromatic carbocycles. The van der Waals surface area contributed by atoms with Gasteiger partial charge in [-0.05, 0) is 24.1 Å². The molecule has 1 atom stereocenters. The summed E-state index contributed by atoms with van der Waals surface area (Å²) in [4.78, 5) is 4.20. The number of nitrogens with zero attached hydrogens (tertiary/aromatic N) is 1. The van der Waals surface area contributed by atoms with Crippen molar-refractivity contribution in [3.8, 4) is 5.75 Å². The third-order valence-electron chi connectivity index (χ3n) is 2.62. The van der Waals surface area contributed by atoms with Crippen molar-refractivity contribution in [2.75, 3.05) is 7.11 Å². The van der Waals surface area contributed by atoms with Crippen molar-refractivity contribution in [2.45, 2.75) is 18.9 Å². The molecule has 0 radical (unpaired) electrons. The van der Waals surface area contributed by atoms with Crippen LogP contribution in [0.3, 0.4) is 0 Å². The third-order valence-corrected chi connectivity index (χ3v) is 3.46. The second kappa shape index (κ2) is 5.80. The number of hydrogen-bond acceptors (Lipinski definition) is 4. The van der Waals surface area contributed by atoms with Gasteiger partial charge in [-0.2, -0.15) is 0 Å². The summed E-state index contributed by atoms with van der Waals surface area (Å²) in [5.74, 6) is 0.806. The number of hydrogen-bond donors (Lipinski definition) is 1. The highest BCUT2D eigenvalue weighted by atomic mass is 32.1. The summed E-state index contributed by atoms with van der Waals surface area (Å²) in [6, 6.07) is 7.51. The average Bonchev–Trinajstić information content (AvgIpc) is 2.89. The van der Waals surface area contributed by atoms with Gasteiger partial charge in [-0.3, -0.25) is 0 Å². The fourth-order valence-corrected chi connectivity index (χ4v) is 2.27. The summed E-state index contributed by atoms with van der Waals surface area (Å²) in [5, 5.41) is 13.0. The van der Waals surface area contributed by atoms with E-state index in [0.29, 0.717) is 6.42 Å². The number of aliphatic hydroxyl groups excluding tert-OH is 1. The number of methoxy groups -OCH3 is 1. The lowest BCUT2D eigenvalue weighted by Gasteiger charge is -2.10. The predicted octanol–water partition coefficient (Wildman–Crippen LogP) is 2.82. The predicted molar refractivity (Wildman–Crippen MR) is 68.4 cm³/mol. The Kier molecular flexibility index (Phi) is 4.12. The maximum atomic E-state index is 10.0. The second-order valence-corrected chi connectivity index (χ2v) is 4.73. The number of aliphatic hydroxyl groups is 1. The molecule has 2 rings (SSSR count). The van der Waals surface area contributed by atoms with E-state index in [-0.39, 0.29) is 0 Å². The molecule has 0 aliphatic carbocycles. The molecule has 1 unspecified atom stereocenters. The van der Waals surface area contributed by atoms with Crippen molar-refractivity contribution in [2.24, 2.45) is 0 Å². The minimum absolute atomic E-state index is 0.440. The molecule has 0 saturated carbocycles. The molecule has 4 heteroatoms. The molecule has 2 aromatic rings. The van der Waals surface area contributed by atoms with Gasteiger partial charge in [-0.25, -0.2) is 4.98 Å². The van der Waals surface area contributed by atoms with Crippen molar-refractivity contribution in [1.82, 2.24) is 4.98 Å². The lowest BCUT2D eigenvalue weighted by atomic mass is 10.1. The summed E-state index contributed by atoms with van der Waals surface area (Å²) in [6.45, 7) is 0. The normalized spacial score (nSPS) is 12.4. The van der Waals surface area contributed by atoms with Crippen molar-refractivity contribution < 1.29 is 9.84 Å². The van der Waals surface area contributed by atoms with Crippen LogP contribution in [0.25, 0.3) is 0 Å². The summed E-state index contributed by atoms with van der Waals surface area (Å²) in [7, 11) is 1.63. The topological polar surface area (TPSA) is 42.4 Å². The Hall–Kier alpha value is -1.39. The Morgan fingerprint density at radius 3 is 2.71 bits per heavy atom. The SMILES string of the molecule is COc1ccc(C(O)CCc2nccs2)cc1. The minimum atomic E-state index is -0.440. The fourth-order valence-electron chi connectivity index (χ4n) is 1.63. The first kappa shape index (κ1) is 12.1. The van der Waals surface area contributed by atoms with Crippen LogP contribution in [0.5, 0.6) is 5.75 Å². The molecule has 1 N–H and O–H groups in total. The Bertz CT molecular complexity index is 439. The van der Waals surface area contributed by atoms with Crippen LogP contribution in [0, 0.1) is 0 Å². The molecule has 0 fully saturated rings. The van der Waals surface area contributed by atoms with Crippen LogP contribution in [0.4, 0.5) is 0 Å². The number of benzene rings is 1. The van der Waals surface area contributed by atoms with Crippen molar-refractivity contribution in [3.63, 3.8) is 0 Å². The van der Waals surface area contributed by atoms with E-state index in [4.69, 9.17) is 4.74 Å². The highest BCUT2D eigenvalue weighted by Gasteiger charge is 2.08. The smallest absolute Gasteiger partial charge is 0.118 e. The first-order valence-electron chi connectivity index (χ1n) is 5.50. The summed E-state index contributed by atoms with van der Waals surface area (Å²) in [5.41, 5.74) is 0.919. The van der Waals surface area contributed by atoms with Gasteiger partial charge in [0.05, 0.1) is 18.2 Å². The van der Waals surface area contributed by atoms with E-state index in [1.807, 2.05) is 29.6 Å². The van der Waals surface area contributed by atoms with Crippen LogP contribution >= 0.6 is 11.3 Å². The first-order chi connectivity index (χ1) is 8.29. The van der Waals surface area contributed by atoms with Crippen molar-refractivity contribution in [3.05, 3.63) is 46.4 Å². The maximum Gasteiger partial charge on any atom is 0.118 e. The van der Waals surface area contributed by atoms with E-state index >= 15 is 0 Å². The van der Waals surface area contributed by atoms with E-state index in [9.17, 15) is 5.11 Å². The number of thiazole rings is 1. The van der Waals surface area contributed by atoms with Gasteiger partial charge in [0.1, 0.15) is 5.75 Å². The van der Waals surface area contributed by atoms with Gasteiger partial charge >= 0.3 is 0 Å². The summed E-state index contributed by atoms with van der Waals surface area (Å²) < 4.78 is 5.08. The number of aryl methyl sites for hydroxylation is 1. The van der Waals surface area contributed by atoms with Crippen LogP contribution < -0.4 is 4.74 Å². The zero-order valence-electron chi connectivity index (χ0n) is 9.67. The molecule has 0 aliphatic heterocycles. The van der Waals surface area contributed by atoms with E-state index in [0.717, 1.165) is 22.7 Å². The Morgan fingerprint density at radius 1 is 1.35 bits per heavy atom. The molecule has 0 saturated heterocycles. The largest absolute Gasteiger partial charge is 0.497 e. The van der Waals surface area contributed by atoms with Crippen LogP contribution in [-0.4, -0.2) is 17.2 Å². The van der Waals surface area contributed by atoms with Gasteiger partial charge in [0.2, 0.25) is 0 Å². The number of rotatable bonds is 5. The maximum absolute atomic E-state index is 10.0.